The Morgan fingerprint density at radius 3 is 2.53 bits per heavy atom. The number of hydrogen-bond acceptors (Lipinski definition) is 1. The number of aromatic amines is 1. The lowest BCUT2D eigenvalue weighted by Gasteiger charge is -2.04. The van der Waals surface area contributed by atoms with Gasteiger partial charge in [0.05, 0.1) is 0 Å². The van der Waals surface area contributed by atoms with Gasteiger partial charge in [-0.05, 0) is 23.1 Å². The van der Waals surface area contributed by atoms with Crippen LogP contribution in [0.25, 0.3) is 21.7 Å². The minimum Gasteiger partial charge on any atom is -0.321 e. The van der Waals surface area contributed by atoms with Gasteiger partial charge in [-0.2, -0.15) is 0 Å². The Hall–Kier alpha value is -1.80. The van der Waals surface area contributed by atoms with Gasteiger partial charge in [0.25, 0.3) is 5.56 Å². The molecule has 0 saturated heterocycles. The van der Waals surface area contributed by atoms with Crippen molar-refractivity contribution in [3.05, 3.63) is 58.4 Å². The van der Waals surface area contributed by atoms with Crippen molar-refractivity contribution in [3.63, 3.8) is 0 Å². The van der Waals surface area contributed by atoms with Crippen LogP contribution in [0.5, 0.6) is 0 Å². The molecule has 0 atom stereocenters. The third kappa shape index (κ3) is 1.61. The van der Waals surface area contributed by atoms with Crippen molar-refractivity contribution in [2.75, 3.05) is 0 Å². The molecule has 0 fully saturated rings. The first-order valence-electron chi connectivity index (χ1n) is 5.39. The molecule has 2 aromatic carbocycles. The molecule has 17 heavy (non-hydrogen) atoms. The summed E-state index contributed by atoms with van der Waals surface area (Å²) in [5.41, 5.74) is 1.79. The summed E-state index contributed by atoms with van der Waals surface area (Å²) in [4.78, 5) is 14.8. The van der Waals surface area contributed by atoms with Crippen molar-refractivity contribution in [1.29, 1.82) is 0 Å². The summed E-state index contributed by atoms with van der Waals surface area (Å²) >= 11 is 5.79. The van der Waals surface area contributed by atoms with Gasteiger partial charge in [0.15, 0.2) is 0 Å². The van der Waals surface area contributed by atoms with Gasteiger partial charge < -0.3 is 4.98 Å². The van der Waals surface area contributed by atoms with Gasteiger partial charge in [0.2, 0.25) is 0 Å². The van der Waals surface area contributed by atoms with Gasteiger partial charge in [0.1, 0.15) is 0 Å². The number of hydrogen-bond donors (Lipinski definition) is 1. The second-order valence-electron chi connectivity index (χ2n) is 4.01. The minimum absolute atomic E-state index is 0.0557. The first-order chi connectivity index (χ1) is 8.29. The van der Waals surface area contributed by atoms with Crippen molar-refractivity contribution in [3.8, 4) is 0 Å². The largest absolute Gasteiger partial charge is 0.321 e. The molecule has 0 saturated carbocycles. The van der Waals surface area contributed by atoms with Gasteiger partial charge in [-0.25, -0.2) is 0 Å². The predicted octanol–water partition coefficient (Wildman–Crippen LogP) is 3.42. The molecule has 0 bridgehead atoms. The molecular formula is C14H10ClNO. The van der Waals surface area contributed by atoms with Crippen molar-refractivity contribution >= 4 is 33.3 Å². The average molecular weight is 244 g/mol. The number of nitrogens with one attached hydrogen (secondary N) is 1. The van der Waals surface area contributed by atoms with Gasteiger partial charge in [-0.15, -0.1) is 11.6 Å². The molecule has 1 N–H and O–H groups in total. The molecular weight excluding hydrogens is 234 g/mol. The molecule has 0 radical (unpaired) electrons. The van der Waals surface area contributed by atoms with Crippen LogP contribution in [0.15, 0.2) is 47.3 Å². The highest BCUT2D eigenvalue weighted by molar-refractivity contribution is 6.17. The first kappa shape index (κ1) is 10.4. The van der Waals surface area contributed by atoms with Crippen molar-refractivity contribution in [2.45, 2.75) is 5.88 Å². The summed E-state index contributed by atoms with van der Waals surface area (Å²) in [6.45, 7) is 0. The molecule has 3 rings (SSSR count). The zero-order chi connectivity index (χ0) is 11.8. The number of halogens is 1. The third-order valence-electron chi connectivity index (χ3n) is 2.95. The van der Waals surface area contributed by atoms with E-state index in [9.17, 15) is 4.79 Å². The summed E-state index contributed by atoms with van der Waals surface area (Å²) in [6, 6.07) is 13.5. The maximum absolute atomic E-state index is 11.9. The van der Waals surface area contributed by atoms with Gasteiger partial charge in [0, 0.05) is 22.2 Å². The van der Waals surface area contributed by atoms with E-state index in [1.54, 1.807) is 0 Å². The van der Waals surface area contributed by atoms with Gasteiger partial charge in [-0.3, -0.25) is 4.79 Å². The second kappa shape index (κ2) is 3.90. The summed E-state index contributed by atoms with van der Waals surface area (Å²) in [6.07, 6.45) is 0. The maximum Gasteiger partial charge on any atom is 0.256 e. The van der Waals surface area contributed by atoms with Crippen LogP contribution < -0.4 is 5.56 Å². The fourth-order valence-corrected chi connectivity index (χ4v) is 2.28. The first-order valence-corrected chi connectivity index (χ1v) is 5.92. The number of aromatic nitrogens is 1. The molecule has 3 heteroatoms. The van der Waals surface area contributed by atoms with Crippen LogP contribution in [0.1, 0.15) is 5.56 Å². The molecule has 0 aliphatic rings. The number of pyridine rings is 1. The van der Waals surface area contributed by atoms with Crippen LogP contribution in [0.4, 0.5) is 0 Å². The number of alkyl halides is 1. The number of benzene rings is 2. The monoisotopic (exact) mass is 243 g/mol. The van der Waals surface area contributed by atoms with Gasteiger partial charge in [-0.1, -0.05) is 30.3 Å². The Morgan fingerprint density at radius 1 is 1.00 bits per heavy atom. The van der Waals surface area contributed by atoms with Crippen molar-refractivity contribution in [1.82, 2.24) is 4.98 Å². The Labute approximate surface area is 103 Å². The lowest BCUT2D eigenvalue weighted by Crippen LogP contribution is -2.06. The van der Waals surface area contributed by atoms with E-state index in [-0.39, 0.29) is 5.56 Å². The number of H-pyrrole nitrogens is 1. The van der Waals surface area contributed by atoms with Crippen LogP contribution in [0.2, 0.25) is 0 Å². The summed E-state index contributed by atoms with van der Waals surface area (Å²) in [5, 5.41) is 2.75. The quantitative estimate of drug-likeness (QED) is 0.516. The Morgan fingerprint density at radius 2 is 1.76 bits per heavy atom. The fourth-order valence-electron chi connectivity index (χ4n) is 2.12. The SMILES string of the molecule is O=c1[nH]c2cc(CCl)ccc2c2ccccc12. The lowest BCUT2D eigenvalue weighted by molar-refractivity contribution is 1.32. The smallest absolute Gasteiger partial charge is 0.256 e. The number of fused-ring (bicyclic) bond motifs is 3. The molecule has 1 aromatic heterocycles. The van der Waals surface area contributed by atoms with E-state index in [1.165, 1.54) is 0 Å². The van der Waals surface area contributed by atoms with Crippen LogP contribution in [-0.2, 0) is 5.88 Å². The third-order valence-corrected chi connectivity index (χ3v) is 3.26. The summed E-state index contributed by atoms with van der Waals surface area (Å²) in [7, 11) is 0. The molecule has 0 aliphatic heterocycles. The highest BCUT2D eigenvalue weighted by Crippen LogP contribution is 2.22. The van der Waals surface area contributed by atoms with E-state index in [1.807, 2.05) is 42.5 Å². The van der Waals surface area contributed by atoms with Crippen LogP contribution in [-0.4, -0.2) is 4.98 Å². The van der Waals surface area contributed by atoms with E-state index in [0.717, 1.165) is 27.2 Å². The standard InChI is InChI=1S/C14H10ClNO/c15-8-9-5-6-11-10-3-1-2-4-12(10)14(17)16-13(11)7-9/h1-7H,8H2,(H,16,17). The minimum atomic E-state index is -0.0557. The summed E-state index contributed by atoms with van der Waals surface area (Å²) in [5.74, 6) is 0.449. The van der Waals surface area contributed by atoms with Crippen molar-refractivity contribution < 1.29 is 0 Å². The molecule has 2 nitrogen and oxygen atoms in total. The normalized spacial score (nSPS) is 11.1. The van der Waals surface area contributed by atoms with Crippen molar-refractivity contribution in [2.24, 2.45) is 0 Å². The van der Waals surface area contributed by atoms with Gasteiger partial charge >= 0.3 is 0 Å². The van der Waals surface area contributed by atoms with E-state index in [4.69, 9.17) is 11.6 Å². The van der Waals surface area contributed by atoms with E-state index in [0.29, 0.717) is 5.88 Å². The number of rotatable bonds is 1. The molecule has 0 spiro atoms. The molecule has 0 amide bonds. The van der Waals surface area contributed by atoms with E-state index in [2.05, 4.69) is 4.98 Å². The van der Waals surface area contributed by atoms with E-state index < -0.39 is 0 Å². The zero-order valence-corrected chi connectivity index (χ0v) is 9.79. The molecule has 0 unspecified atom stereocenters. The Bertz CT molecular complexity index is 761. The Kier molecular flexibility index (Phi) is 2.37. The zero-order valence-electron chi connectivity index (χ0n) is 9.03. The van der Waals surface area contributed by atoms with Crippen LogP contribution >= 0.6 is 11.6 Å². The fraction of sp³-hybridized carbons (Fsp3) is 0.0714. The maximum atomic E-state index is 11.9. The summed E-state index contributed by atoms with van der Waals surface area (Å²) < 4.78 is 0. The Balaban J connectivity index is 2.53. The molecule has 0 aliphatic carbocycles. The predicted molar refractivity (Wildman–Crippen MR) is 71.6 cm³/mol. The van der Waals surface area contributed by atoms with Crippen LogP contribution in [0, 0.1) is 0 Å². The second-order valence-corrected chi connectivity index (χ2v) is 4.28. The molecule has 3 aromatic rings. The molecule has 84 valence electrons. The molecule has 1 heterocycles. The lowest BCUT2D eigenvalue weighted by atomic mass is 10.1. The average Bonchev–Trinajstić information content (AvgIpc) is 2.38. The highest BCUT2D eigenvalue weighted by Gasteiger charge is 2.04. The van der Waals surface area contributed by atoms with Crippen LogP contribution in [0.3, 0.4) is 0 Å². The van der Waals surface area contributed by atoms with E-state index >= 15 is 0 Å². The highest BCUT2D eigenvalue weighted by atomic mass is 35.5. The topological polar surface area (TPSA) is 32.9 Å².